The van der Waals surface area contributed by atoms with E-state index in [2.05, 4.69) is 64.0 Å². The molecule has 5 heteroatoms. The lowest BCUT2D eigenvalue weighted by Crippen LogP contribution is -2.47. The third kappa shape index (κ3) is 5.05. The van der Waals surface area contributed by atoms with Gasteiger partial charge in [-0.15, -0.1) is 0 Å². The van der Waals surface area contributed by atoms with Crippen LogP contribution >= 0.6 is 11.6 Å². The molecule has 0 spiro atoms. The van der Waals surface area contributed by atoms with Gasteiger partial charge in [0.1, 0.15) is 0 Å². The zero-order valence-electron chi connectivity index (χ0n) is 15.6. The van der Waals surface area contributed by atoms with Gasteiger partial charge in [0.2, 0.25) is 0 Å². The van der Waals surface area contributed by atoms with Crippen molar-refractivity contribution in [2.75, 3.05) is 44.2 Å². The summed E-state index contributed by atoms with van der Waals surface area (Å²) in [7, 11) is 0. The van der Waals surface area contributed by atoms with Crippen molar-refractivity contribution in [3.8, 4) is 0 Å². The third-order valence-electron chi connectivity index (χ3n) is 5.02. The van der Waals surface area contributed by atoms with Crippen molar-refractivity contribution in [1.29, 1.82) is 0 Å². The molecule has 1 aromatic carbocycles. The Labute approximate surface area is 162 Å². The number of hydrogen-bond acceptors (Lipinski definition) is 4. The topological polar surface area (TPSA) is 21.8 Å². The number of benzene rings is 1. The van der Waals surface area contributed by atoms with E-state index in [9.17, 15) is 0 Å². The molecule has 0 bridgehead atoms. The van der Waals surface area contributed by atoms with Crippen LogP contribution in [0.4, 0.5) is 5.69 Å². The number of nitrogens with zero attached hydrogens (tertiary/aromatic N) is 3. The van der Waals surface area contributed by atoms with Crippen LogP contribution in [0.5, 0.6) is 0 Å². The third-order valence-corrected chi connectivity index (χ3v) is 5.26. The molecule has 2 heterocycles. The lowest BCUT2D eigenvalue weighted by Gasteiger charge is -2.36. The molecule has 0 aliphatic carbocycles. The minimum atomic E-state index is 0.361. The first-order valence-electron chi connectivity index (χ1n) is 9.42. The number of rotatable bonds is 7. The maximum absolute atomic E-state index is 6.11. The number of halogens is 1. The van der Waals surface area contributed by atoms with Crippen LogP contribution in [0.1, 0.15) is 13.3 Å². The second-order valence-corrected chi connectivity index (χ2v) is 7.35. The van der Waals surface area contributed by atoms with Crippen molar-refractivity contribution in [3.63, 3.8) is 0 Å². The number of hydrogen-bond donors (Lipinski definition) is 1. The summed E-state index contributed by atoms with van der Waals surface area (Å²) in [5.41, 5.74) is 1.23. The SMILES string of the molecule is C=C(NCCCN1CCN(c2cccc(Cl)c2)CC1)N1C=CC=CC1C. The number of nitrogens with one attached hydrogen (secondary N) is 1. The first-order valence-corrected chi connectivity index (χ1v) is 9.80. The standard InChI is InChI=1S/C21H29ClN4/c1-18-7-3-4-12-26(18)19(2)23-10-6-11-24-13-15-25(16-14-24)21-9-5-8-20(22)17-21/h3-5,7-9,12,17-18,23H,2,6,10-11,13-16H2,1H3. The van der Waals surface area contributed by atoms with Crippen molar-refractivity contribution >= 4 is 17.3 Å². The van der Waals surface area contributed by atoms with Gasteiger partial charge in [-0.25, -0.2) is 0 Å². The zero-order valence-corrected chi connectivity index (χ0v) is 16.3. The summed E-state index contributed by atoms with van der Waals surface area (Å²) < 4.78 is 0. The average molecular weight is 373 g/mol. The molecular weight excluding hydrogens is 344 g/mol. The molecule has 1 aromatic rings. The Kier molecular flexibility index (Phi) is 6.64. The van der Waals surface area contributed by atoms with Gasteiger partial charge in [-0.3, -0.25) is 4.90 Å². The second-order valence-electron chi connectivity index (χ2n) is 6.91. The van der Waals surface area contributed by atoms with Crippen molar-refractivity contribution < 1.29 is 0 Å². The van der Waals surface area contributed by atoms with Crippen LogP contribution in [-0.2, 0) is 0 Å². The van der Waals surface area contributed by atoms with Crippen molar-refractivity contribution in [2.45, 2.75) is 19.4 Å². The van der Waals surface area contributed by atoms with Gasteiger partial charge in [0, 0.05) is 49.6 Å². The van der Waals surface area contributed by atoms with Gasteiger partial charge in [-0.2, -0.15) is 0 Å². The van der Waals surface area contributed by atoms with E-state index in [-0.39, 0.29) is 0 Å². The summed E-state index contributed by atoms with van der Waals surface area (Å²) in [5.74, 6) is 0.976. The zero-order chi connectivity index (χ0) is 18.4. The van der Waals surface area contributed by atoms with Gasteiger partial charge in [0.25, 0.3) is 0 Å². The van der Waals surface area contributed by atoms with Gasteiger partial charge < -0.3 is 15.1 Å². The first-order chi connectivity index (χ1) is 12.6. The highest BCUT2D eigenvalue weighted by Crippen LogP contribution is 2.20. The summed E-state index contributed by atoms with van der Waals surface area (Å²) in [6, 6.07) is 8.51. The molecular formula is C21H29ClN4. The van der Waals surface area contributed by atoms with E-state index >= 15 is 0 Å². The monoisotopic (exact) mass is 372 g/mol. The molecule has 0 aromatic heterocycles. The van der Waals surface area contributed by atoms with Crippen LogP contribution in [-0.4, -0.2) is 55.1 Å². The van der Waals surface area contributed by atoms with Crippen LogP contribution in [0.3, 0.4) is 0 Å². The highest BCUT2D eigenvalue weighted by Gasteiger charge is 2.17. The molecule has 0 radical (unpaired) electrons. The highest BCUT2D eigenvalue weighted by molar-refractivity contribution is 6.30. The van der Waals surface area contributed by atoms with Gasteiger partial charge in [-0.05, 0) is 44.2 Å². The Morgan fingerprint density at radius 2 is 2.04 bits per heavy atom. The highest BCUT2D eigenvalue weighted by atomic mass is 35.5. The molecule has 1 fully saturated rings. The molecule has 0 saturated carbocycles. The normalized spacial score (nSPS) is 20.5. The fourth-order valence-corrected chi connectivity index (χ4v) is 3.65. The summed E-state index contributed by atoms with van der Waals surface area (Å²) >= 11 is 6.11. The molecule has 1 unspecified atom stereocenters. The Morgan fingerprint density at radius 3 is 2.77 bits per heavy atom. The molecule has 1 N–H and O–H groups in total. The van der Waals surface area contributed by atoms with E-state index in [0.717, 1.165) is 56.5 Å². The molecule has 4 nitrogen and oxygen atoms in total. The van der Waals surface area contributed by atoms with E-state index in [1.54, 1.807) is 0 Å². The predicted octanol–water partition coefficient (Wildman–Crippen LogP) is 3.69. The number of anilines is 1. The Morgan fingerprint density at radius 1 is 1.23 bits per heavy atom. The minimum absolute atomic E-state index is 0.361. The van der Waals surface area contributed by atoms with E-state index in [4.69, 9.17) is 11.6 Å². The summed E-state index contributed by atoms with van der Waals surface area (Å²) in [5, 5.41) is 4.27. The van der Waals surface area contributed by atoms with Gasteiger partial charge in [0.05, 0.1) is 11.9 Å². The van der Waals surface area contributed by atoms with Crippen molar-refractivity contribution in [2.24, 2.45) is 0 Å². The van der Waals surface area contributed by atoms with Gasteiger partial charge in [0.15, 0.2) is 0 Å². The summed E-state index contributed by atoms with van der Waals surface area (Å²) in [6.07, 6.45) is 9.50. The van der Waals surface area contributed by atoms with Gasteiger partial charge in [-0.1, -0.05) is 36.4 Å². The molecule has 1 saturated heterocycles. The molecule has 140 valence electrons. The van der Waals surface area contributed by atoms with Gasteiger partial charge >= 0.3 is 0 Å². The maximum atomic E-state index is 6.11. The smallest absolute Gasteiger partial charge is 0.0984 e. The van der Waals surface area contributed by atoms with Crippen LogP contribution in [0.25, 0.3) is 0 Å². The lowest BCUT2D eigenvalue weighted by molar-refractivity contribution is 0.253. The molecule has 1 atom stereocenters. The molecule has 0 amide bonds. The van der Waals surface area contributed by atoms with E-state index in [0.29, 0.717) is 6.04 Å². The number of piperazine rings is 1. The second kappa shape index (κ2) is 9.15. The van der Waals surface area contributed by atoms with Crippen LogP contribution in [0, 0.1) is 0 Å². The summed E-state index contributed by atoms with van der Waals surface area (Å²) in [4.78, 5) is 7.13. The van der Waals surface area contributed by atoms with Crippen LogP contribution in [0.2, 0.25) is 5.02 Å². The minimum Gasteiger partial charge on any atom is -0.372 e. The molecule has 2 aliphatic rings. The van der Waals surface area contributed by atoms with Crippen LogP contribution < -0.4 is 10.2 Å². The maximum Gasteiger partial charge on any atom is 0.0984 e. The molecule has 2 aliphatic heterocycles. The average Bonchev–Trinajstić information content (AvgIpc) is 2.66. The van der Waals surface area contributed by atoms with Crippen LogP contribution in [0.15, 0.2) is 61.1 Å². The number of allylic oxidation sites excluding steroid dienone is 2. The largest absolute Gasteiger partial charge is 0.372 e. The molecule has 3 rings (SSSR count). The predicted molar refractivity (Wildman–Crippen MR) is 111 cm³/mol. The van der Waals surface area contributed by atoms with Crippen molar-refractivity contribution in [3.05, 3.63) is 66.1 Å². The van der Waals surface area contributed by atoms with E-state index in [1.807, 2.05) is 18.2 Å². The van der Waals surface area contributed by atoms with E-state index < -0.39 is 0 Å². The van der Waals surface area contributed by atoms with Crippen molar-refractivity contribution in [1.82, 2.24) is 15.1 Å². The Balaban J connectivity index is 1.33. The first kappa shape index (κ1) is 18.9. The van der Waals surface area contributed by atoms with E-state index in [1.165, 1.54) is 5.69 Å². The quantitative estimate of drug-likeness (QED) is 0.737. The summed E-state index contributed by atoms with van der Waals surface area (Å²) in [6.45, 7) is 12.7. The lowest BCUT2D eigenvalue weighted by atomic mass is 10.2. The fraction of sp³-hybridized carbons (Fsp3) is 0.429. The Hall–Kier alpha value is -1.91. The molecule has 26 heavy (non-hydrogen) atoms. The Bertz CT molecular complexity index is 662. The fourth-order valence-electron chi connectivity index (χ4n) is 3.46.